The van der Waals surface area contributed by atoms with Crippen molar-refractivity contribution in [2.75, 3.05) is 6.54 Å². The fraction of sp³-hybridized carbons (Fsp3) is 0.562. The van der Waals surface area contributed by atoms with Crippen LogP contribution in [0.2, 0.25) is 0 Å². The molecule has 3 unspecified atom stereocenters. The van der Waals surface area contributed by atoms with Gasteiger partial charge in [0.05, 0.1) is 0 Å². The van der Waals surface area contributed by atoms with Gasteiger partial charge in [-0.05, 0) is 36.3 Å². The van der Waals surface area contributed by atoms with Gasteiger partial charge in [0.15, 0.2) is 0 Å². The lowest BCUT2D eigenvalue weighted by Gasteiger charge is -2.18. The number of amides is 1. The lowest BCUT2D eigenvalue weighted by molar-refractivity contribution is -0.123. The average molecular weight is 333 g/mol. The van der Waals surface area contributed by atoms with E-state index >= 15 is 0 Å². The lowest BCUT2D eigenvalue weighted by Crippen LogP contribution is -2.42. The Bertz CT molecular complexity index is 525. The van der Waals surface area contributed by atoms with Crippen LogP contribution in [-0.4, -0.2) is 18.5 Å². The minimum Gasteiger partial charge on any atom is -0.352 e. The number of hydrogen-bond acceptors (Lipinski definition) is 2. The second-order valence-electron chi connectivity index (χ2n) is 6.19. The molecule has 124 valence electrons. The molecule has 1 amide bonds. The quantitative estimate of drug-likeness (QED) is 0.841. The van der Waals surface area contributed by atoms with Crippen LogP contribution in [0.15, 0.2) is 18.2 Å². The van der Waals surface area contributed by atoms with Gasteiger partial charge >= 0.3 is 0 Å². The van der Waals surface area contributed by atoms with Crippen LogP contribution < -0.4 is 11.1 Å². The maximum atomic E-state index is 13.7. The smallest absolute Gasteiger partial charge is 0.224 e. The van der Waals surface area contributed by atoms with Gasteiger partial charge in [-0.25, -0.2) is 8.78 Å². The Balaban J connectivity index is 0.00000242. The molecule has 6 heteroatoms. The molecule has 2 rings (SSSR count). The summed E-state index contributed by atoms with van der Waals surface area (Å²) in [5.41, 5.74) is 6.08. The van der Waals surface area contributed by atoms with Crippen molar-refractivity contribution < 1.29 is 13.6 Å². The molecule has 1 aliphatic rings. The standard InChI is InChI=1S/C16H22F2N2O.ClH/c1-9(2)5-11(8-19)20-16(21)14-7-13(14)12-4-3-10(17)6-15(12)18;/h3-4,6,9,11,13-14H,5,7-8,19H2,1-2H3,(H,20,21);1H. The fourth-order valence-electron chi connectivity index (χ4n) is 2.72. The summed E-state index contributed by atoms with van der Waals surface area (Å²) in [7, 11) is 0. The van der Waals surface area contributed by atoms with Crippen molar-refractivity contribution >= 4 is 18.3 Å². The van der Waals surface area contributed by atoms with Crippen LogP contribution in [0.4, 0.5) is 8.78 Å². The molecule has 1 aliphatic carbocycles. The number of nitrogens with two attached hydrogens (primary N) is 1. The van der Waals surface area contributed by atoms with Gasteiger partial charge in [-0.15, -0.1) is 12.4 Å². The van der Waals surface area contributed by atoms with Crippen LogP contribution in [0.1, 0.15) is 38.2 Å². The van der Waals surface area contributed by atoms with Gasteiger partial charge < -0.3 is 11.1 Å². The van der Waals surface area contributed by atoms with E-state index in [1.807, 2.05) is 0 Å². The SMILES string of the molecule is CC(C)CC(CN)NC(=O)C1CC1c1ccc(F)cc1F.Cl. The van der Waals surface area contributed by atoms with E-state index in [4.69, 9.17) is 5.73 Å². The number of rotatable bonds is 6. The van der Waals surface area contributed by atoms with Crippen molar-refractivity contribution in [3.8, 4) is 0 Å². The Kier molecular flexibility index (Phi) is 6.75. The summed E-state index contributed by atoms with van der Waals surface area (Å²) in [6, 6.07) is 3.48. The largest absolute Gasteiger partial charge is 0.352 e. The second kappa shape index (κ2) is 7.88. The molecular weight excluding hydrogens is 310 g/mol. The van der Waals surface area contributed by atoms with Gasteiger partial charge in [0.2, 0.25) is 5.91 Å². The second-order valence-corrected chi connectivity index (χ2v) is 6.19. The van der Waals surface area contributed by atoms with Crippen molar-refractivity contribution in [1.82, 2.24) is 5.32 Å². The first kappa shape index (κ1) is 18.8. The van der Waals surface area contributed by atoms with Crippen molar-refractivity contribution in [2.45, 2.75) is 38.6 Å². The minimum absolute atomic E-state index is 0. The van der Waals surface area contributed by atoms with E-state index < -0.39 is 11.6 Å². The van der Waals surface area contributed by atoms with Gasteiger partial charge in [0.25, 0.3) is 0 Å². The first-order chi connectivity index (χ1) is 9.92. The highest BCUT2D eigenvalue weighted by Gasteiger charge is 2.45. The highest BCUT2D eigenvalue weighted by molar-refractivity contribution is 5.85. The van der Waals surface area contributed by atoms with Gasteiger partial charge in [-0.2, -0.15) is 0 Å². The monoisotopic (exact) mass is 332 g/mol. The van der Waals surface area contributed by atoms with Crippen LogP contribution in [0.3, 0.4) is 0 Å². The van der Waals surface area contributed by atoms with E-state index in [1.165, 1.54) is 12.1 Å². The summed E-state index contributed by atoms with van der Waals surface area (Å²) < 4.78 is 26.6. The van der Waals surface area contributed by atoms with E-state index in [-0.39, 0.29) is 36.2 Å². The molecule has 0 saturated heterocycles. The van der Waals surface area contributed by atoms with Gasteiger partial charge in [0.1, 0.15) is 11.6 Å². The van der Waals surface area contributed by atoms with Crippen molar-refractivity contribution in [1.29, 1.82) is 0 Å². The van der Waals surface area contributed by atoms with Gasteiger partial charge in [-0.1, -0.05) is 19.9 Å². The Morgan fingerprint density at radius 2 is 2.09 bits per heavy atom. The molecule has 22 heavy (non-hydrogen) atoms. The predicted molar refractivity (Wildman–Crippen MR) is 84.9 cm³/mol. The van der Waals surface area contributed by atoms with Crippen LogP contribution in [0.5, 0.6) is 0 Å². The Morgan fingerprint density at radius 3 is 2.64 bits per heavy atom. The Morgan fingerprint density at radius 1 is 1.41 bits per heavy atom. The number of nitrogens with one attached hydrogen (secondary N) is 1. The van der Waals surface area contributed by atoms with E-state index in [0.29, 0.717) is 24.4 Å². The fourth-order valence-corrected chi connectivity index (χ4v) is 2.72. The molecule has 1 saturated carbocycles. The minimum atomic E-state index is -0.599. The molecule has 0 aliphatic heterocycles. The summed E-state index contributed by atoms with van der Waals surface area (Å²) >= 11 is 0. The van der Waals surface area contributed by atoms with Crippen LogP contribution in [-0.2, 0) is 4.79 Å². The van der Waals surface area contributed by atoms with Crippen molar-refractivity contribution in [3.05, 3.63) is 35.4 Å². The summed E-state index contributed by atoms with van der Waals surface area (Å²) in [5, 5.41) is 2.93. The zero-order valence-corrected chi connectivity index (χ0v) is 13.6. The molecule has 3 N–H and O–H groups in total. The first-order valence-electron chi connectivity index (χ1n) is 7.37. The number of benzene rings is 1. The van der Waals surface area contributed by atoms with Crippen LogP contribution in [0.25, 0.3) is 0 Å². The molecule has 1 aromatic carbocycles. The molecule has 0 aromatic heterocycles. The van der Waals surface area contributed by atoms with Crippen molar-refractivity contribution in [3.63, 3.8) is 0 Å². The average Bonchev–Trinajstić information content (AvgIpc) is 3.17. The molecular formula is C16H23ClF2N2O. The maximum Gasteiger partial charge on any atom is 0.224 e. The summed E-state index contributed by atoms with van der Waals surface area (Å²) in [4.78, 5) is 12.2. The topological polar surface area (TPSA) is 55.1 Å². The van der Waals surface area contributed by atoms with Gasteiger partial charge in [-0.3, -0.25) is 4.79 Å². The van der Waals surface area contributed by atoms with Crippen molar-refractivity contribution in [2.24, 2.45) is 17.6 Å². The maximum absolute atomic E-state index is 13.7. The predicted octanol–water partition coefficient (Wildman–Crippen LogP) is 2.98. The zero-order chi connectivity index (χ0) is 15.6. The molecule has 1 fully saturated rings. The highest BCUT2D eigenvalue weighted by atomic mass is 35.5. The third-order valence-corrected chi connectivity index (χ3v) is 3.88. The van der Waals surface area contributed by atoms with Crippen LogP contribution >= 0.6 is 12.4 Å². The van der Waals surface area contributed by atoms with E-state index in [2.05, 4.69) is 19.2 Å². The molecule has 0 spiro atoms. The molecule has 0 radical (unpaired) electrons. The highest BCUT2D eigenvalue weighted by Crippen LogP contribution is 2.48. The summed E-state index contributed by atoms with van der Waals surface area (Å²) in [6.45, 7) is 4.54. The summed E-state index contributed by atoms with van der Waals surface area (Å²) in [5.74, 6) is -1.19. The van der Waals surface area contributed by atoms with E-state index in [1.54, 1.807) is 0 Å². The Labute approximate surface area is 136 Å². The molecule has 3 atom stereocenters. The lowest BCUT2D eigenvalue weighted by atomic mass is 10.0. The number of halogens is 3. The number of carbonyl (C=O) groups is 1. The summed E-state index contributed by atoms with van der Waals surface area (Å²) in [6.07, 6.45) is 1.43. The number of hydrogen-bond donors (Lipinski definition) is 2. The molecule has 0 heterocycles. The normalized spacial score (nSPS) is 21.2. The molecule has 0 bridgehead atoms. The third kappa shape index (κ3) is 4.65. The Hall–Kier alpha value is -1.20. The third-order valence-electron chi connectivity index (χ3n) is 3.88. The van der Waals surface area contributed by atoms with Gasteiger partial charge in [0, 0.05) is 24.6 Å². The van der Waals surface area contributed by atoms with Crippen LogP contribution in [0, 0.1) is 23.5 Å². The number of carbonyl (C=O) groups excluding carboxylic acids is 1. The molecule has 1 aromatic rings. The zero-order valence-electron chi connectivity index (χ0n) is 12.8. The first-order valence-corrected chi connectivity index (χ1v) is 7.37. The van der Waals surface area contributed by atoms with E-state index in [0.717, 1.165) is 12.5 Å². The molecule has 3 nitrogen and oxygen atoms in total. The van der Waals surface area contributed by atoms with E-state index in [9.17, 15) is 13.6 Å².